The van der Waals surface area contributed by atoms with Gasteiger partial charge in [0.15, 0.2) is 0 Å². The Hall–Kier alpha value is -1.62. The lowest BCUT2D eigenvalue weighted by Crippen LogP contribution is -2.47. The Morgan fingerprint density at radius 2 is 2.06 bits per heavy atom. The van der Waals surface area contributed by atoms with Crippen LogP contribution in [0.5, 0.6) is 0 Å². The number of carbonyl (C=O) groups is 1. The summed E-state index contributed by atoms with van der Waals surface area (Å²) in [5.74, 6) is 0.717. The van der Waals surface area contributed by atoms with Gasteiger partial charge in [-0.15, -0.1) is 0 Å². The van der Waals surface area contributed by atoms with E-state index < -0.39 is 0 Å². The van der Waals surface area contributed by atoms with Crippen molar-refractivity contribution in [3.63, 3.8) is 0 Å². The van der Waals surface area contributed by atoms with Crippen LogP contribution in [0.2, 0.25) is 0 Å². The smallest absolute Gasteiger partial charge is 0.219 e. The van der Waals surface area contributed by atoms with E-state index in [2.05, 4.69) is 9.88 Å². The fourth-order valence-electron chi connectivity index (χ4n) is 2.01. The van der Waals surface area contributed by atoms with Crippen LogP contribution in [-0.2, 0) is 11.3 Å². The van der Waals surface area contributed by atoms with Crippen LogP contribution in [0.3, 0.4) is 0 Å². The summed E-state index contributed by atoms with van der Waals surface area (Å²) < 4.78 is 0. The Morgan fingerprint density at radius 1 is 1.35 bits per heavy atom. The summed E-state index contributed by atoms with van der Waals surface area (Å²) in [5.41, 5.74) is 6.70. The van der Waals surface area contributed by atoms with Crippen LogP contribution < -0.4 is 5.73 Å². The minimum Gasteiger partial charge on any atom is -0.384 e. The molecule has 0 aliphatic carbocycles. The van der Waals surface area contributed by atoms with Gasteiger partial charge in [0, 0.05) is 45.8 Å². The number of amides is 1. The van der Waals surface area contributed by atoms with Gasteiger partial charge in [-0.3, -0.25) is 9.69 Å². The molecule has 0 spiro atoms. The van der Waals surface area contributed by atoms with Crippen molar-refractivity contribution in [2.45, 2.75) is 13.5 Å². The molecule has 1 aromatic heterocycles. The molecule has 2 rings (SSSR count). The van der Waals surface area contributed by atoms with Crippen LogP contribution in [0, 0.1) is 0 Å². The number of carbonyl (C=O) groups excluding carboxylic acids is 1. The molecule has 0 unspecified atom stereocenters. The molecule has 0 aromatic carbocycles. The molecule has 2 N–H and O–H groups in total. The van der Waals surface area contributed by atoms with Gasteiger partial charge < -0.3 is 10.6 Å². The molecule has 1 amide bonds. The van der Waals surface area contributed by atoms with Gasteiger partial charge in [0.2, 0.25) is 5.91 Å². The van der Waals surface area contributed by atoms with Gasteiger partial charge in [0.1, 0.15) is 5.82 Å². The molecule has 2 heterocycles. The van der Waals surface area contributed by atoms with Gasteiger partial charge in [-0.05, 0) is 11.6 Å². The largest absolute Gasteiger partial charge is 0.384 e. The monoisotopic (exact) mass is 234 g/mol. The predicted molar refractivity (Wildman–Crippen MR) is 66.2 cm³/mol. The third kappa shape index (κ3) is 3.17. The quantitative estimate of drug-likeness (QED) is 0.801. The maximum atomic E-state index is 11.2. The van der Waals surface area contributed by atoms with Crippen LogP contribution in [0.1, 0.15) is 12.5 Å². The fraction of sp³-hybridized carbons (Fsp3) is 0.500. The van der Waals surface area contributed by atoms with Crippen LogP contribution in [0.4, 0.5) is 5.82 Å². The number of rotatable bonds is 2. The van der Waals surface area contributed by atoms with E-state index >= 15 is 0 Å². The topological polar surface area (TPSA) is 62.5 Å². The van der Waals surface area contributed by atoms with E-state index in [-0.39, 0.29) is 5.91 Å². The summed E-state index contributed by atoms with van der Waals surface area (Å²) in [6.45, 7) is 5.97. The van der Waals surface area contributed by atoms with Gasteiger partial charge in [-0.25, -0.2) is 4.98 Å². The molecule has 0 saturated carbocycles. The lowest BCUT2D eigenvalue weighted by Gasteiger charge is -2.34. The molecule has 0 atom stereocenters. The molecule has 0 bridgehead atoms. The van der Waals surface area contributed by atoms with Crippen molar-refractivity contribution >= 4 is 11.7 Å². The number of hydrogen-bond acceptors (Lipinski definition) is 4. The highest BCUT2D eigenvalue weighted by Gasteiger charge is 2.18. The molecule has 92 valence electrons. The molecular weight excluding hydrogens is 216 g/mol. The first-order valence-corrected chi connectivity index (χ1v) is 5.83. The van der Waals surface area contributed by atoms with Crippen LogP contribution >= 0.6 is 0 Å². The molecule has 1 saturated heterocycles. The number of piperazine rings is 1. The minimum atomic E-state index is 0.166. The zero-order valence-corrected chi connectivity index (χ0v) is 10.1. The molecule has 1 aliphatic heterocycles. The van der Waals surface area contributed by atoms with Gasteiger partial charge in [-0.1, -0.05) is 6.07 Å². The molecule has 17 heavy (non-hydrogen) atoms. The average molecular weight is 234 g/mol. The molecule has 0 radical (unpaired) electrons. The van der Waals surface area contributed by atoms with Crippen molar-refractivity contribution in [2.75, 3.05) is 31.9 Å². The Balaban J connectivity index is 1.85. The summed E-state index contributed by atoms with van der Waals surface area (Å²) in [6.07, 6.45) is 1.81. The highest BCUT2D eigenvalue weighted by Crippen LogP contribution is 2.08. The Bertz CT molecular complexity index is 382. The second kappa shape index (κ2) is 5.14. The second-order valence-corrected chi connectivity index (χ2v) is 4.37. The maximum Gasteiger partial charge on any atom is 0.219 e. The van der Waals surface area contributed by atoms with E-state index in [1.807, 2.05) is 23.2 Å². The standard InChI is InChI=1S/C12H18N4O/c1-10(17)16-6-4-15(5-7-16)9-11-2-3-12(13)14-8-11/h2-3,8H,4-7,9H2,1H3,(H2,13,14). The molecule has 1 aromatic rings. The molecule has 5 heteroatoms. The highest BCUT2D eigenvalue weighted by molar-refractivity contribution is 5.73. The SMILES string of the molecule is CC(=O)N1CCN(Cc2ccc(N)nc2)CC1. The van der Waals surface area contributed by atoms with Gasteiger partial charge in [0.25, 0.3) is 0 Å². The Labute approximate surface area is 101 Å². The van der Waals surface area contributed by atoms with E-state index in [0.29, 0.717) is 5.82 Å². The van der Waals surface area contributed by atoms with E-state index in [9.17, 15) is 4.79 Å². The summed E-state index contributed by atoms with van der Waals surface area (Å²) in [6, 6.07) is 3.82. The van der Waals surface area contributed by atoms with Crippen molar-refractivity contribution in [1.29, 1.82) is 0 Å². The summed E-state index contributed by atoms with van der Waals surface area (Å²) in [7, 11) is 0. The first-order valence-electron chi connectivity index (χ1n) is 5.83. The van der Waals surface area contributed by atoms with Crippen LogP contribution in [0.15, 0.2) is 18.3 Å². The Morgan fingerprint density at radius 3 is 2.59 bits per heavy atom. The highest BCUT2D eigenvalue weighted by atomic mass is 16.2. The number of hydrogen-bond donors (Lipinski definition) is 1. The van der Waals surface area contributed by atoms with Crippen LogP contribution in [-0.4, -0.2) is 46.9 Å². The predicted octanol–water partition coefficient (Wildman–Crippen LogP) is 0.328. The maximum absolute atomic E-state index is 11.2. The number of aromatic nitrogens is 1. The fourth-order valence-corrected chi connectivity index (χ4v) is 2.01. The van der Waals surface area contributed by atoms with E-state index in [1.165, 1.54) is 0 Å². The first-order chi connectivity index (χ1) is 8.15. The van der Waals surface area contributed by atoms with Crippen molar-refractivity contribution in [1.82, 2.24) is 14.8 Å². The third-order valence-corrected chi connectivity index (χ3v) is 3.07. The van der Waals surface area contributed by atoms with Gasteiger partial charge in [0.05, 0.1) is 0 Å². The third-order valence-electron chi connectivity index (χ3n) is 3.07. The normalized spacial score (nSPS) is 17.1. The van der Waals surface area contributed by atoms with Crippen LogP contribution in [0.25, 0.3) is 0 Å². The summed E-state index contributed by atoms with van der Waals surface area (Å²) in [5, 5.41) is 0. The number of anilines is 1. The molecule has 1 fully saturated rings. The number of nitrogen functional groups attached to an aromatic ring is 1. The van der Waals surface area contributed by atoms with E-state index in [1.54, 1.807) is 6.92 Å². The summed E-state index contributed by atoms with van der Waals surface area (Å²) in [4.78, 5) is 19.5. The van der Waals surface area contributed by atoms with Crippen molar-refractivity contribution in [3.05, 3.63) is 23.9 Å². The zero-order chi connectivity index (χ0) is 12.3. The lowest BCUT2D eigenvalue weighted by molar-refractivity contribution is -0.130. The minimum absolute atomic E-state index is 0.166. The van der Waals surface area contributed by atoms with E-state index in [4.69, 9.17) is 5.73 Å². The number of nitrogens with zero attached hydrogens (tertiary/aromatic N) is 3. The van der Waals surface area contributed by atoms with Crippen molar-refractivity contribution in [2.24, 2.45) is 0 Å². The number of nitrogens with two attached hydrogens (primary N) is 1. The molecule has 5 nitrogen and oxygen atoms in total. The van der Waals surface area contributed by atoms with Gasteiger partial charge >= 0.3 is 0 Å². The average Bonchev–Trinajstić information content (AvgIpc) is 2.33. The van der Waals surface area contributed by atoms with E-state index in [0.717, 1.165) is 38.3 Å². The zero-order valence-electron chi connectivity index (χ0n) is 10.1. The second-order valence-electron chi connectivity index (χ2n) is 4.37. The van der Waals surface area contributed by atoms with Crippen molar-refractivity contribution < 1.29 is 4.79 Å². The Kier molecular flexibility index (Phi) is 3.58. The lowest BCUT2D eigenvalue weighted by atomic mass is 10.2. The molecular formula is C12H18N4O. The first kappa shape index (κ1) is 11.9. The summed E-state index contributed by atoms with van der Waals surface area (Å²) >= 11 is 0. The van der Waals surface area contributed by atoms with Crippen molar-refractivity contribution in [3.8, 4) is 0 Å². The van der Waals surface area contributed by atoms with Gasteiger partial charge in [-0.2, -0.15) is 0 Å². The number of pyridine rings is 1. The molecule has 1 aliphatic rings.